The normalized spacial score (nSPS) is 19.1. The molecule has 9 nitrogen and oxygen atoms in total. The van der Waals surface area contributed by atoms with Gasteiger partial charge in [-0.1, -0.05) is 97.1 Å². The van der Waals surface area contributed by atoms with Crippen LogP contribution in [0.1, 0.15) is 111 Å². The van der Waals surface area contributed by atoms with E-state index in [9.17, 15) is 24.6 Å². The second-order valence-corrected chi connectivity index (χ2v) is 11.3. The molecule has 0 spiro atoms. The fourth-order valence-corrected chi connectivity index (χ4v) is 4.83. The van der Waals surface area contributed by atoms with Gasteiger partial charge in [0.05, 0.1) is 12.7 Å². The lowest BCUT2D eigenvalue weighted by Crippen LogP contribution is -2.55. The van der Waals surface area contributed by atoms with Crippen molar-refractivity contribution >= 4 is 17.8 Å². The van der Waals surface area contributed by atoms with E-state index in [2.05, 4.69) is 17.6 Å². The molecule has 0 radical (unpaired) electrons. The molecule has 1 aliphatic heterocycles. The number of aliphatic hydroxyl groups is 2. The Hall–Kier alpha value is -1.97. The Morgan fingerprint density at radius 2 is 1.55 bits per heavy atom. The molecule has 0 aromatic rings. The fraction of sp³-hybridized carbons (Fsp3) is 0.839. The highest BCUT2D eigenvalue weighted by Gasteiger charge is 2.40. The minimum absolute atomic E-state index is 0.0987. The van der Waals surface area contributed by atoms with Crippen molar-refractivity contribution < 1.29 is 34.1 Å². The van der Waals surface area contributed by atoms with E-state index >= 15 is 0 Å². The zero-order valence-corrected chi connectivity index (χ0v) is 25.4. The summed E-state index contributed by atoms with van der Waals surface area (Å²) in [6, 6.07) is -0.746. The van der Waals surface area contributed by atoms with Crippen LogP contribution < -0.4 is 10.6 Å². The van der Waals surface area contributed by atoms with Gasteiger partial charge in [-0.3, -0.25) is 14.4 Å². The number of methoxy groups -OCH3 is 1. The number of hydrogen-bond donors (Lipinski definition) is 4. The Morgan fingerprint density at radius 3 is 2.12 bits per heavy atom. The van der Waals surface area contributed by atoms with E-state index in [-0.39, 0.29) is 18.4 Å². The molecule has 1 fully saturated rings. The molecule has 40 heavy (non-hydrogen) atoms. The largest absolute Gasteiger partial charge is 0.465 e. The molecule has 0 saturated carbocycles. The van der Waals surface area contributed by atoms with Gasteiger partial charge in [0.25, 0.3) is 5.91 Å². The van der Waals surface area contributed by atoms with Crippen molar-refractivity contribution in [1.29, 1.82) is 0 Å². The summed E-state index contributed by atoms with van der Waals surface area (Å²) < 4.78 is 10.7. The smallest absolute Gasteiger partial charge is 0.315 e. The minimum atomic E-state index is -1.71. The fourth-order valence-electron chi connectivity index (χ4n) is 4.83. The van der Waals surface area contributed by atoms with Crippen LogP contribution in [0.5, 0.6) is 0 Å². The Labute approximate surface area is 241 Å². The molecule has 2 amide bonds. The number of aliphatic hydroxyl groups excluding tert-OH is 2. The SMILES string of the molecule is CCCCCCCCCCCCCOC(=O)[C@H](/C=C/C(C)C)[C@H](O)[C@@H](O)[C@@H](OC)C(=O)NC1CCCCNC1=O. The van der Waals surface area contributed by atoms with Gasteiger partial charge in [-0.25, -0.2) is 0 Å². The van der Waals surface area contributed by atoms with E-state index in [1.165, 1.54) is 64.6 Å². The number of carbonyl (C=O) groups is 3. The van der Waals surface area contributed by atoms with Crippen LogP contribution in [0, 0.1) is 11.8 Å². The molecule has 0 bridgehead atoms. The molecule has 0 aromatic heterocycles. The Balaban J connectivity index is 2.58. The molecular weight excluding hydrogens is 512 g/mol. The van der Waals surface area contributed by atoms with Crippen LogP contribution in [0.25, 0.3) is 0 Å². The second-order valence-electron chi connectivity index (χ2n) is 11.3. The number of ether oxygens (including phenoxy) is 2. The van der Waals surface area contributed by atoms with Crippen molar-refractivity contribution in [3.8, 4) is 0 Å². The lowest BCUT2D eigenvalue weighted by molar-refractivity contribution is -0.161. The van der Waals surface area contributed by atoms with Crippen molar-refractivity contribution in [3.63, 3.8) is 0 Å². The molecule has 1 rings (SSSR count). The van der Waals surface area contributed by atoms with E-state index in [0.29, 0.717) is 13.0 Å². The topological polar surface area (TPSA) is 134 Å². The maximum Gasteiger partial charge on any atom is 0.315 e. The zero-order chi connectivity index (χ0) is 29.8. The third kappa shape index (κ3) is 14.6. The molecule has 5 atom stereocenters. The molecule has 1 unspecified atom stereocenters. The van der Waals surface area contributed by atoms with Crippen LogP contribution >= 0.6 is 0 Å². The molecule has 1 heterocycles. The molecule has 4 N–H and O–H groups in total. The lowest BCUT2D eigenvalue weighted by Gasteiger charge is -2.29. The number of rotatable bonds is 21. The third-order valence-electron chi connectivity index (χ3n) is 7.36. The molecule has 9 heteroatoms. The summed E-state index contributed by atoms with van der Waals surface area (Å²) >= 11 is 0. The van der Waals surface area contributed by atoms with Crippen LogP contribution in [0.3, 0.4) is 0 Å². The molecular formula is C31H56N2O7. The van der Waals surface area contributed by atoms with Gasteiger partial charge in [0, 0.05) is 13.7 Å². The Bertz CT molecular complexity index is 743. The van der Waals surface area contributed by atoms with Gasteiger partial charge in [0.1, 0.15) is 18.1 Å². The summed E-state index contributed by atoms with van der Waals surface area (Å²) in [4.78, 5) is 38.0. The van der Waals surface area contributed by atoms with Gasteiger partial charge < -0.3 is 30.3 Å². The number of hydrogen-bond acceptors (Lipinski definition) is 7. The molecule has 1 saturated heterocycles. The van der Waals surface area contributed by atoms with Crippen molar-refractivity contribution in [2.45, 2.75) is 135 Å². The average Bonchev–Trinajstić information content (AvgIpc) is 3.13. The van der Waals surface area contributed by atoms with Gasteiger partial charge in [0.15, 0.2) is 6.10 Å². The number of esters is 1. The van der Waals surface area contributed by atoms with Crippen LogP contribution in [-0.2, 0) is 23.9 Å². The quantitative estimate of drug-likeness (QED) is 0.0927. The first-order valence-corrected chi connectivity index (χ1v) is 15.5. The first-order chi connectivity index (χ1) is 19.2. The van der Waals surface area contributed by atoms with E-state index in [1.54, 1.807) is 6.08 Å². The van der Waals surface area contributed by atoms with Gasteiger partial charge >= 0.3 is 5.97 Å². The minimum Gasteiger partial charge on any atom is -0.465 e. The Kier molecular flexibility index (Phi) is 19.6. The maximum absolute atomic E-state index is 12.9. The van der Waals surface area contributed by atoms with Crippen LogP contribution in [0.15, 0.2) is 12.2 Å². The number of nitrogens with one attached hydrogen (secondary N) is 2. The average molecular weight is 569 g/mol. The van der Waals surface area contributed by atoms with Crippen molar-refractivity contribution in [2.24, 2.45) is 11.8 Å². The molecule has 1 aliphatic rings. The van der Waals surface area contributed by atoms with Crippen LogP contribution in [0.2, 0.25) is 0 Å². The predicted octanol–water partition coefficient (Wildman–Crippen LogP) is 4.19. The molecule has 0 aliphatic carbocycles. The van der Waals surface area contributed by atoms with Gasteiger partial charge in [-0.15, -0.1) is 0 Å². The summed E-state index contributed by atoms with van der Waals surface area (Å²) in [7, 11) is 1.23. The predicted molar refractivity (Wildman–Crippen MR) is 156 cm³/mol. The Morgan fingerprint density at radius 1 is 0.950 bits per heavy atom. The van der Waals surface area contributed by atoms with E-state index in [1.807, 2.05) is 13.8 Å². The van der Waals surface area contributed by atoms with Crippen LogP contribution in [0.4, 0.5) is 0 Å². The first kappa shape index (κ1) is 36.1. The summed E-state index contributed by atoms with van der Waals surface area (Å²) in [5, 5.41) is 27.2. The second kappa shape index (κ2) is 21.7. The third-order valence-corrected chi connectivity index (χ3v) is 7.36. The molecule has 232 valence electrons. The van der Waals surface area contributed by atoms with Gasteiger partial charge in [-0.05, 0) is 31.6 Å². The van der Waals surface area contributed by atoms with Crippen molar-refractivity contribution in [2.75, 3.05) is 20.3 Å². The van der Waals surface area contributed by atoms with Crippen LogP contribution in [-0.4, -0.2) is 72.6 Å². The van der Waals surface area contributed by atoms with E-state index in [0.717, 1.165) is 32.1 Å². The monoisotopic (exact) mass is 568 g/mol. The summed E-state index contributed by atoms with van der Waals surface area (Å²) in [5.41, 5.74) is 0. The van der Waals surface area contributed by atoms with Crippen molar-refractivity contribution in [3.05, 3.63) is 12.2 Å². The van der Waals surface area contributed by atoms with Crippen molar-refractivity contribution in [1.82, 2.24) is 10.6 Å². The first-order valence-electron chi connectivity index (χ1n) is 15.5. The summed E-state index contributed by atoms with van der Waals surface area (Å²) in [5.74, 6) is -2.75. The summed E-state index contributed by atoms with van der Waals surface area (Å²) in [6.07, 6.45) is 13.5. The molecule has 0 aromatic carbocycles. The van der Waals surface area contributed by atoms with Gasteiger partial charge in [0.2, 0.25) is 5.91 Å². The maximum atomic E-state index is 12.9. The standard InChI is InChI=1S/C31H56N2O7/c1-5-6-7-8-9-10-11-12-13-14-17-22-40-31(38)24(20-19-23(2)3)26(34)27(35)28(39-4)30(37)33-25-18-15-16-21-32-29(25)36/h19-20,23-28,34-35H,5-18,21-22H2,1-4H3,(H,32,36)(H,33,37)/b20-19+/t24-,25?,26+,27-,28-/m1/s1. The van der Waals surface area contributed by atoms with Gasteiger partial charge in [-0.2, -0.15) is 0 Å². The highest BCUT2D eigenvalue weighted by Crippen LogP contribution is 2.19. The highest BCUT2D eigenvalue weighted by molar-refractivity contribution is 5.89. The zero-order valence-electron chi connectivity index (χ0n) is 25.4. The number of amides is 2. The summed E-state index contributed by atoms with van der Waals surface area (Å²) in [6.45, 7) is 6.86. The number of allylic oxidation sites excluding steroid dienone is 1. The van der Waals surface area contributed by atoms with E-state index in [4.69, 9.17) is 9.47 Å². The number of carbonyl (C=O) groups excluding carboxylic acids is 3. The number of unbranched alkanes of at least 4 members (excludes halogenated alkanes) is 10. The lowest BCUT2D eigenvalue weighted by atomic mass is 9.92. The highest BCUT2D eigenvalue weighted by atomic mass is 16.5. The van der Waals surface area contributed by atoms with E-state index < -0.39 is 42.1 Å².